The molecule has 1 heterocycles. The first kappa shape index (κ1) is 15.8. The molecule has 0 spiro atoms. The van der Waals surface area contributed by atoms with Gasteiger partial charge in [-0.3, -0.25) is 9.59 Å². The Labute approximate surface area is 127 Å². The van der Waals surface area contributed by atoms with Gasteiger partial charge in [-0.15, -0.1) is 0 Å². The van der Waals surface area contributed by atoms with Gasteiger partial charge in [-0.05, 0) is 40.5 Å². The number of nitrogens with one attached hydrogen (secondary N) is 1. The van der Waals surface area contributed by atoms with Gasteiger partial charge in [0.25, 0.3) is 5.91 Å². The molecular formula is C13H12BrF3N2O2. The number of nitrogens with zero attached hydrogens (tertiary/aromatic N) is 1. The van der Waals surface area contributed by atoms with Crippen LogP contribution in [0.4, 0.5) is 13.2 Å². The number of alkyl halides is 3. The topological polar surface area (TPSA) is 49.4 Å². The largest absolute Gasteiger partial charge is 0.416 e. The van der Waals surface area contributed by atoms with Gasteiger partial charge in [-0.1, -0.05) is 0 Å². The second kappa shape index (κ2) is 5.67. The fraction of sp³-hybridized carbons (Fsp3) is 0.385. The number of carbonyl (C=O) groups is 2. The molecule has 4 nitrogen and oxygen atoms in total. The van der Waals surface area contributed by atoms with Crippen LogP contribution in [0.3, 0.4) is 0 Å². The maximum Gasteiger partial charge on any atom is 0.416 e. The highest BCUT2D eigenvalue weighted by atomic mass is 79.9. The van der Waals surface area contributed by atoms with E-state index < -0.39 is 23.7 Å². The van der Waals surface area contributed by atoms with Crippen molar-refractivity contribution in [2.24, 2.45) is 0 Å². The van der Waals surface area contributed by atoms with Crippen molar-refractivity contribution in [3.8, 4) is 0 Å². The summed E-state index contributed by atoms with van der Waals surface area (Å²) in [5.74, 6) is -0.951. The molecule has 0 aliphatic carbocycles. The molecule has 114 valence electrons. The normalized spacial score (nSPS) is 19.0. The lowest BCUT2D eigenvalue weighted by atomic mass is 10.1. The predicted octanol–water partition coefficient (Wildman–Crippen LogP) is 2.43. The number of halogens is 4. The van der Waals surface area contributed by atoms with Crippen LogP contribution < -0.4 is 5.32 Å². The van der Waals surface area contributed by atoms with Crippen LogP contribution in [0.5, 0.6) is 0 Å². The number of rotatable bonds is 2. The van der Waals surface area contributed by atoms with Crippen molar-refractivity contribution in [2.45, 2.75) is 18.6 Å². The van der Waals surface area contributed by atoms with E-state index in [1.807, 2.05) is 0 Å². The van der Waals surface area contributed by atoms with Gasteiger partial charge in [-0.2, -0.15) is 13.2 Å². The van der Waals surface area contributed by atoms with Crippen molar-refractivity contribution >= 4 is 27.7 Å². The van der Waals surface area contributed by atoms with Crippen molar-refractivity contribution in [1.29, 1.82) is 0 Å². The van der Waals surface area contributed by atoms with Gasteiger partial charge < -0.3 is 10.2 Å². The van der Waals surface area contributed by atoms with Gasteiger partial charge in [0.05, 0.1) is 11.1 Å². The number of hydrogen-bond donors (Lipinski definition) is 1. The Balaban J connectivity index is 2.21. The summed E-state index contributed by atoms with van der Waals surface area (Å²) >= 11 is 3.05. The lowest BCUT2D eigenvalue weighted by molar-refractivity contribution is -0.137. The lowest BCUT2D eigenvalue weighted by Gasteiger charge is -2.14. The second-order valence-electron chi connectivity index (χ2n) is 4.77. The van der Waals surface area contributed by atoms with E-state index in [1.165, 1.54) is 11.0 Å². The van der Waals surface area contributed by atoms with Crippen LogP contribution in [0.2, 0.25) is 0 Å². The van der Waals surface area contributed by atoms with Crippen molar-refractivity contribution < 1.29 is 22.8 Å². The number of amides is 2. The molecular weight excluding hydrogens is 353 g/mol. The summed E-state index contributed by atoms with van der Waals surface area (Å²) in [6.07, 6.45) is -4.09. The highest BCUT2D eigenvalue weighted by Crippen LogP contribution is 2.32. The molecule has 1 aliphatic heterocycles. The Morgan fingerprint density at radius 3 is 2.62 bits per heavy atom. The van der Waals surface area contributed by atoms with E-state index in [1.54, 1.807) is 7.05 Å². The number of likely N-dealkylation sites (N-methyl/N-ethyl adjacent to an activating group) is 1. The molecule has 2 rings (SSSR count). The molecule has 1 aliphatic rings. The molecule has 21 heavy (non-hydrogen) atoms. The zero-order valence-electron chi connectivity index (χ0n) is 11.0. The highest BCUT2D eigenvalue weighted by Gasteiger charge is 2.33. The van der Waals surface area contributed by atoms with Gasteiger partial charge in [-0.25, -0.2) is 0 Å². The SMILES string of the molecule is CN1CCC(NC(=O)c2cc(C(F)(F)F)ccc2Br)C1=O. The molecule has 1 atom stereocenters. The maximum atomic E-state index is 12.7. The smallest absolute Gasteiger partial charge is 0.344 e. The quantitative estimate of drug-likeness (QED) is 0.875. The molecule has 0 saturated carbocycles. The third kappa shape index (κ3) is 3.37. The number of likely N-dealkylation sites (tertiary alicyclic amines) is 1. The van der Waals surface area contributed by atoms with E-state index in [2.05, 4.69) is 21.2 Å². The number of benzene rings is 1. The first-order chi connectivity index (χ1) is 9.70. The van der Waals surface area contributed by atoms with E-state index in [0.717, 1.165) is 12.1 Å². The van der Waals surface area contributed by atoms with Gasteiger partial charge in [0.15, 0.2) is 0 Å². The summed E-state index contributed by atoms with van der Waals surface area (Å²) in [7, 11) is 1.61. The van der Waals surface area contributed by atoms with Crippen LogP contribution >= 0.6 is 15.9 Å². The minimum atomic E-state index is -4.53. The van der Waals surface area contributed by atoms with Crippen molar-refractivity contribution in [1.82, 2.24) is 10.2 Å². The monoisotopic (exact) mass is 364 g/mol. The summed E-state index contributed by atoms with van der Waals surface area (Å²) in [5, 5.41) is 2.47. The summed E-state index contributed by atoms with van der Waals surface area (Å²) < 4.78 is 38.3. The summed E-state index contributed by atoms with van der Waals surface area (Å²) in [4.78, 5) is 25.2. The summed E-state index contributed by atoms with van der Waals surface area (Å²) in [6, 6.07) is 2.13. The summed E-state index contributed by atoms with van der Waals surface area (Å²) in [6.45, 7) is 0.507. The van der Waals surface area contributed by atoms with Gasteiger partial charge in [0.2, 0.25) is 5.91 Å². The number of carbonyl (C=O) groups excluding carboxylic acids is 2. The molecule has 1 aromatic carbocycles. The molecule has 0 aromatic heterocycles. The van der Waals surface area contributed by atoms with Gasteiger partial charge >= 0.3 is 6.18 Å². The maximum absolute atomic E-state index is 12.7. The van der Waals surface area contributed by atoms with Crippen molar-refractivity contribution in [3.63, 3.8) is 0 Å². The minimum absolute atomic E-state index is 0.146. The Bertz CT molecular complexity index is 589. The fourth-order valence-corrected chi connectivity index (χ4v) is 2.49. The van der Waals surface area contributed by atoms with E-state index >= 15 is 0 Å². The van der Waals surface area contributed by atoms with E-state index in [9.17, 15) is 22.8 Å². The Kier molecular flexibility index (Phi) is 4.27. The van der Waals surface area contributed by atoms with Crippen molar-refractivity contribution in [3.05, 3.63) is 33.8 Å². The van der Waals surface area contributed by atoms with Crippen LogP contribution in [0.15, 0.2) is 22.7 Å². The zero-order chi connectivity index (χ0) is 15.8. The van der Waals surface area contributed by atoms with Crippen LogP contribution in [0, 0.1) is 0 Å². The van der Waals surface area contributed by atoms with Gasteiger partial charge in [0.1, 0.15) is 6.04 Å². The molecule has 1 fully saturated rings. The molecule has 1 unspecified atom stereocenters. The van der Waals surface area contributed by atoms with E-state index in [4.69, 9.17) is 0 Å². The molecule has 0 radical (unpaired) electrons. The van der Waals surface area contributed by atoms with Crippen molar-refractivity contribution in [2.75, 3.05) is 13.6 Å². The van der Waals surface area contributed by atoms with Crippen LogP contribution in [-0.2, 0) is 11.0 Å². The lowest BCUT2D eigenvalue weighted by Crippen LogP contribution is -2.40. The van der Waals surface area contributed by atoms with Crippen LogP contribution in [-0.4, -0.2) is 36.3 Å². The first-order valence-corrected chi connectivity index (χ1v) is 6.92. The van der Waals surface area contributed by atoms with E-state index in [0.29, 0.717) is 13.0 Å². The second-order valence-corrected chi connectivity index (χ2v) is 5.62. The molecule has 1 aromatic rings. The molecule has 1 N–H and O–H groups in total. The average Bonchev–Trinajstić information content (AvgIpc) is 2.69. The average molecular weight is 365 g/mol. The molecule has 0 bridgehead atoms. The van der Waals surface area contributed by atoms with Crippen LogP contribution in [0.1, 0.15) is 22.3 Å². The van der Waals surface area contributed by atoms with E-state index in [-0.39, 0.29) is 15.9 Å². The highest BCUT2D eigenvalue weighted by molar-refractivity contribution is 9.10. The first-order valence-electron chi connectivity index (χ1n) is 6.12. The predicted molar refractivity (Wildman–Crippen MR) is 72.7 cm³/mol. The third-order valence-electron chi connectivity index (χ3n) is 3.27. The minimum Gasteiger partial charge on any atom is -0.344 e. The standard InChI is InChI=1S/C13H12BrF3N2O2/c1-19-5-4-10(12(19)21)18-11(20)8-6-7(13(15,16)17)2-3-9(8)14/h2-3,6,10H,4-5H2,1H3,(H,18,20). The molecule has 8 heteroatoms. The summed E-state index contributed by atoms with van der Waals surface area (Å²) in [5.41, 5.74) is -1.06. The fourth-order valence-electron chi connectivity index (χ4n) is 2.07. The molecule has 1 saturated heterocycles. The Morgan fingerprint density at radius 1 is 1.43 bits per heavy atom. The molecule has 2 amide bonds. The Morgan fingerprint density at radius 2 is 2.10 bits per heavy atom. The zero-order valence-corrected chi connectivity index (χ0v) is 12.6. The third-order valence-corrected chi connectivity index (χ3v) is 3.96. The Hall–Kier alpha value is -1.57. The van der Waals surface area contributed by atoms with Gasteiger partial charge in [0, 0.05) is 18.1 Å². The van der Waals surface area contributed by atoms with Crippen LogP contribution in [0.25, 0.3) is 0 Å². The number of hydrogen-bond acceptors (Lipinski definition) is 2.